The van der Waals surface area contributed by atoms with Crippen molar-refractivity contribution in [3.63, 3.8) is 0 Å². The van der Waals surface area contributed by atoms with E-state index in [-0.39, 0.29) is 6.61 Å². The van der Waals surface area contributed by atoms with E-state index in [1.807, 2.05) is 6.08 Å². The molecule has 0 heterocycles. The van der Waals surface area contributed by atoms with Gasteiger partial charge in [-0.3, -0.25) is 0 Å². The second kappa shape index (κ2) is 11.7. The molecule has 15 heavy (non-hydrogen) atoms. The third-order valence-corrected chi connectivity index (χ3v) is 2.66. The van der Waals surface area contributed by atoms with Crippen LogP contribution in [0.15, 0.2) is 12.7 Å². The Morgan fingerprint density at radius 1 is 1.27 bits per heavy atom. The molecule has 0 saturated heterocycles. The summed E-state index contributed by atoms with van der Waals surface area (Å²) in [6.45, 7) is 6.93. The van der Waals surface area contributed by atoms with Crippen LogP contribution < -0.4 is 5.32 Å². The molecule has 90 valence electrons. The SMILES string of the molecule is C=CCCC[C@H](CCCCC)NCCO. The predicted molar refractivity (Wildman–Crippen MR) is 67.1 cm³/mol. The topological polar surface area (TPSA) is 32.3 Å². The molecule has 0 aromatic heterocycles. The minimum atomic E-state index is 0.242. The molecule has 0 spiro atoms. The fourth-order valence-electron chi connectivity index (χ4n) is 1.77. The van der Waals surface area contributed by atoms with Gasteiger partial charge in [-0.2, -0.15) is 0 Å². The molecule has 0 bridgehead atoms. The first-order chi connectivity index (χ1) is 7.35. The van der Waals surface area contributed by atoms with Gasteiger partial charge in [0.15, 0.2) is 0 Å². The van der Waals surface area contributed by atoms with Crippen LogP contribution in [0.3, 0.4) is 0 Å². The minimum Gasteiger partial charge on any atom is -0.395 e. The molecule has 0 aromatic carbocycles. The number of aliphatic hydroxyl groups excluding tert-OH is 1. The van der Waals surface area contributed by atoms with Gasteiger partial charge in [0.1, 0.15) is 0 Å². The highest BCUT2D eigenvalue weighted by atomic mass is 16.3. The highest BCUT2D eigenvalue weighted by Crippen LogP contribution is 2.09. The summed E-state index contributed by atoms with van der Waals surface area (Å²) in [6, 6.07) is 0.587. The van der Waals surface area contributed by atoms with Crippen LogP contribution in [0, 0.1) is 0 Å². The molecule has 2 N–H and O–H groups in total. The molecule has 0 amide bonds. The molecule has 0 saturated carbocycles. The van der Waals surface area contributed by atoms with Gasteiger partial charge < -0.3 is 10.4 Å². The van der Waals surface area contributed by atoms with Crippen LogP contribution in [-0.4, -0.2) is 24.3 Å². The average Bonchev–Trinajstić information content (AvgIpc) is 2.25. The van der Waals surface area contributed by atoms with Crippen molar-refractivity contribution in [3.05, 3.63) is 12.7 Å². The zero-order valence-corrected chi connectivity index (χ0v) is 10.2. The van der Waals surface area contributed by atoms with Crippen molar-refractivity contribution in [1.82, 2.24) is 5.32 Å². The minimum absolute atomic E-state index is 0.242. The van der Waals surface area contributed by atoms with Gasteiger partial charge in [0.05, 0.1) is 6.61 Å². The molecule has 0 rings (SSSR count). The molecule has 0 aromatic rings. The molecule has 0 unspecified atom stereocenters. The number of rotatable bonds is 11. The molecular weight excluding hydrogens is 186 g/mol. The molecule has 0 radical (unpaired) electrons. The van der Waals surface area contributed by atoms with Crippen LogP contribution in [-0.2, 0) is 0 Å². The smallest absolute Gasteiger partial charge is 0.0556 e. The molecule has 2 heteroatoms. The fourth-order valence-corrected chi connectivity index (χ4v) is 1.77. The zero-order chi connectivity index (χ0) is 11.4. The van der Waals surface area contributed by atoms with Crippen molar-refractivity contribution in [2.75, 3.05) is 13.2 Å². The van der Waals surface area contributed by atoms with E-state index in [4.69, 9.17) is 5.11 Å². The third-order valence-electron chi connectivity index (χ3n) is 2.66. The first kappa shape index (κ1) is 14.7. The van der Waals surface area contributed by atoms with Crippen molar-refractivity contribution < 1.29 is 5.11 Å². The second-order valence-electron chi connectivity index (χ2n) is 4.09. The Kier molecular flexibility index (Phi) is 11.5. The van der Waals surface area contributed by atoms with Crippen LogP contribution in [0.5, 0.6) is 0 Å². The van der Waals surface area contributed by atoms with E-state index < -0.39 is 0 Å². The van der Waals surface area contributed by atoms with Crippen molar-refractivity contribution in [2.45, 2.75) is 57.9 Å². The van der Waals surface area contributed by atoms with Gasteiger partial charge in [-0.25, -0.2) is 0 Å². The van der Waals surface area contributed by atoms with Crippen LogP contribution in [0.4, 0.5) is 0 Å². The zero-order valence-electron chi connectivity index (χ0n) is 10.2. The van der Waals surface area contributed by atoms with E-state index in [0.717, 1.165) is 13.0 Å². The molecule has 0 fully saturated rings. The fraction of sp³-hybridized carbons (Fsp3) is 0.846. The van der Waals surface area contributed by atoms with E-state index in [1.165, 1.54) is 38.5 Å². The number of allylic oxidation sites excluding steroid dienone is 1. The summed E-state index contributed by atoms with van der Waals surface area (Å²) in [5.74, 6) is 0. The van der Waals surface area contributed by atoms with E-state index in [2.05, 4.69) is 18.8 Å². The maximum Gasteiger partial charge on any atom is 0.0556 e. The molecule has 0 aliphatic heterocycles. The average molecular weight is 213 g/mol. The summed E-state index contributed by atoms with van der Waals surface area (Å²) in [4.78, 5) is 0. The van der Waals surface area contributed by atoms with Gasteiger partial charge in [-0.15, -0.1) is 6.58 Å². The van der Waals surface area contributed by atoms with Crippen LogP contribution in [0.2, 0.25) is 0 Å². The van der Waals surface area contributed by atoms with Crippen LogP contribution in [0.25, 0.3) is 0 Å². The van der Waals surface area contributed by atoms with Crippen molar-refractivity contribution in [1.29, 1.82) is 0 Å². The molecule has 1 atom stereocenters. The predicted octanol–water partition coefficient (Wildman–Crippen LogP) is 2.87. The van der Waals surface area contributed by atoms with Crippen LogP contribution in [0.1, 0.15) is 51.9 Å². The normalized spacial score (nSPS) is 12.7. The Labute approximate surface area is 94.8 Å². The van der Waals surface area contributed by atoms with E-state index in [0.29, 0.717) is 6.04 Å². The number of nitrogens with one attached hydrogen (secondary N) is 1. The summed E-state index contributed by atoms with van der Waals surface area (Å²) < 4.78 is 0. The Morgan fingerprint density at radius 3 is 2.60 bits per heavy atom. The van der Waals surface area contributed by atoms with Gasteiger partial charge in [0, 0.05) is 12.6 Å². The lowest BCUT2D eigenvalue weighted by molar-refractivity contribution is 0.278. The Balaban J connectivity index is 3.57. The quantitative estimate of drug-likeness (QED) is 0.408. The molecule has 2 nitrogen and oxygen atoms in total. The van der Waals surface area contributed by atoms with Gasteiger partial charge in [-0.1, -0.05) is 32.3 Å². The van der Waals surface area contributed by atoms with Crippen molar-refractivity contribution >= 4 is 0 Å². The third kappa shape index (κ3) is 9.95. The van der Waals surface area contributed by atoms with E-state index in [1.54, 1.807) is 0 Å². The number of hydrogen-bond acceptors (Lipinski definition) is 2. The number of aliphatic hydroxyl groups is 1. The summed E-state index contributed by atoms with van der Waals surface area (Å²) >= 11 is 0. The maximum atomic E-state index is 8.78. The number of unbranched alkanes of at least 4 members (excludes halogenated alkanes) is 3. The lowest BCUT2D eigenvalue weighted by Gasteiger charge is -2.17. The summed E-state index contributed by atoms with van der Waals surface area (Å²) in [7, 11) is 0. The number of hydrogen-bond donors (Lipinski definition) is 2. The summed E-state index contributed by atoms with van der Waals surface area (Å²) in [5, 5.41) is 12.2. The molecule has 0 aliphatic rings. The second-order valence-corrected chi connectivity index (χ2v) is 4.09. The Bertz CT molecular complexity index is 136. The van der Waals surface area contributed by atoms with Gasteiger partial charge in [0.25, 0.3) is 0 Å². The van der Waals surface area contributed by atoms with E-state index in [9.17, 15) is 0 Å². The molecular formula is C13H27NO. The molecule has 0 aliphatic carbocycles. The lowest BCUT2D eigenvalue weighted by Crippen LogP contribution is -2.31. The maximum absolute atomic E-state index is 8.78. The first-order valence-corrected chi connectivity index (χ1v) is 6.30. The Hall–Kier alpha value is -0.340. The summed E-state index contributed by atoms with van der Waals surface area (Å²) in [6.07, 6.45) is 10.6. The lowest BCUT2D eigenvalue weighted by atomic mass is 10.0. The standard InChI is InChI=1S/C13H27NO/c1-3-5-7-9-13(14-11-12-15)10-8-6-4-2/h3,13-15H,1,4-12H2,2H3/t13-/m1/s1. The van der Waals surface area contributed by atoms with Crippen molar-refractivity contribution in [2.24, 2.45) is 0 Å². The van der Waals surface area contributed by atoms with Gasteiger partial charge in [-0.05, 0) is 25.7 Å². The van der Waals surface area contributed by atoms with Crippen molar-refractivity contribution in [3.8, 4) is 0 Å². The monoisotopic (exact) mass is 213 g/mol. The highest BCUT2D eigenvalue weighted by Gasteiger charge is 2.06. The highest BCUT2D eigenvalue weighted by molar-refractivity contribution is 4.71. The van der Waals surface area contributed by atoms with Crippen LogP contribution >= 0.6 is 0 Å². The van der Waals surface area contributed by atoms with E-state index >= 15 is 0 Å². The van der Waals surface area contributed by atoms with Gasteiger partial charge >= 0.3 is 0 Å². The Morgan fingerprint density at radius 2 is 2.00 bits per heavy atom. The van der Waals surface area contributed by atoms with Gasteiger partial charge in [0.2, 0.25) is 0 Å². The first-order valence-electron chi connectivity index (χ1n) is 6.30. The largest absolute Gasteiger partial charge is 0.395 e. The summed E-state index contributed by atoms with van der Waals surface area (Å²) in [5.41, 5.74) is 0.